The largest absolute Gasteiger partial charge is 0.368 e. The van der Waals surface area contributed by atoms with Gasteiger partial charge >= 0.3 is 5.69 Å². The first-order valence-corrected chi connectivity index (χ1v) is 11.7. The highest BCUT2D eigenvalue weighted by Crippen LogP contribution is 2.34. The van der Waals surface area contributed by atoms with Gasteiger partial charge in [-0.25, -0.2) is 14.4 Å². The Morgan fingerprint density at radius 3 is 2.08 bits per heavy atom. The predicted octanol–water partition coefficient (Wildman–Crippen LogP) is 6.01. The molecule has 1 aliphatic heterocycles. The van der Waals surface area contributed by atoms with Gasteiger partial charge in [0.25, 0.3) is 0 Å². The standard InChI is InChI=1S/C26H23FN8O2/c27-19-6-12-23(13-7-19)33-14-16-34(17-15-33)26-24(35(36)37)25(28-18-29-26)30-20-8-10-22(11-9-20)32-31-21-4-2-1-3-5-21/h1-13,18H,14-17H2,(H,28,29,30). The quantitative estimate of drug-likeness (QED) is 0.189. The van der Waals surface area contributed by atoms with Gasteiger partial charge in [0.1, 0.15) is 12.1 Å². The lowest BCUT2D eigenvalue weighted by Crippen LogP contribution is -2.47. The molecule has 10 nitrogen and oxygen atoms in total. The zero-order chi connectivity index (χ0) is 25.6. The van der Waals surface area contributed by atoms with Gasteiger partial charge in [-0.3, -0.25) is 10.1 Å². The molecule has 0 radical (unpaired) electrons. The summed E-state index contributed by atoms with van der Waals surface area (Å²) in [5.74, 6) is 0.0782. The molecule has 0 aliphatic carbocycles. The van der Waals surface area contributed by atoms with Crippen LogP contribution in [0.2, 0.25) is 0 Å². The number of nitrogens with one attached hydrogen (secondary N) is 1. The molecule has 2 heterocycles. The van der Waals surface area contributed by atoms with Crippen LogP contribution in [0.15, 0.2) is 95.4 Å². The van der Waals surface area contributed by atoms with Crippen molar-refractivity contribution in [2.75, 3.05) is 41.3 Å². The van der Waals surface area contributed by atoms with E-state index in [1.165, 1.54) is 18.5 Å². The number of nitrogens with zero attached hydrogens (tertiary/aromatic N) is 7. The first-order chi connectivity index (χ1) is 18.1. The molecule has 4 aromatic rings. The Bertz CT molecular complexity index is 1390. The van der Waals surface area contributed by atoms with E-state index < -0.39 is 4.92 Å². The van der Waals surface area contributed by atoms with E-state index in [0.717, 1.165) is 11.4 Å². The molecule has 3 aromatic carbocycles. The van der Waals surface area contributed by atoms with Crippen LogP contribution in [0.3, 0.4) is 0 Å². The topological polar surface area (TPSA) is 112 Å². The van der Waals surface area contributed by atoms with Gasteiger partial charge < -0.3 is 15.1 Å². The predicted molar refractivity (Wildman–Crippen MR) is 140 cm³/mol. The third-order valence-electron chi connectivity index (χ3n) is 5.92. The van der Waals surface area contributed by atoms with E-state index in [-0.39, 0.29) is 23.1 Å². The maximum absolute atomic E-state index is 13.3. The van der Waals surface area contributed by atoms with Crippen LogP contribution in [0, 0.1) is 15.9 Å². The van der Waals surface area contributed by atoms with E-state index in [0.29, 0.717) is 37.6 Å². The molecule has 186 valence electrons. The summed E-state index contributed by atoms with van der Waals surface area (Å²) in [4.78, 5) is 24.0. The fourth-order valence-electron chi connectivity index (χ4n) is 4.05. The number of benzene rings is 3. The van der Waals surface area contributed by atoms with Crippen molar-refractivity contribution >= 4 is 40.1 Å². The highest BCUT2D eigenvalue weighted by molar-refractivity contribution is 5.75. The van der Waals surface area contributed by atoms with Crippen LogP contribution >= 0.6 is 0 Å². The molecule has 0 saturated carbocycles. The Morgan fingerprint density at radius 2 is 1.43 bits per heavy atom. The molecule has 1 fully saturated rings. The van der Waals surface area contributed by atoms with Crippen molar-refractivity contribution < 1.29 is 9.31 Å². The lowest BCUT2D eigenvalue weighted by Gasteiger charge is -2.36. The van der Waals surface area contributed by atoms with Crippen LogP contribution in [-0.2, 0) is 0 Å². The molecule has 1 aliphatic rings. The molecule has 1 saturated heterocycles. The van der Waals surface area contributed by atoms with Crippen LogP contribution in [0.1, 0.15) is 0 Å². The second-order valence-corrected chi connectivity index (χ2v) is 8.31. The molecule has 0 amide bonds. The molecule has 0 atom stereocenters. The molecule has 0 spiro atoms. The molecule has 5 rings (SSSR count). The Morgan fingerprint density at radius 1 is 0.811 bits per heavy atom. The second-order valence-electron chi connectivity index (χ2n) is 8.31. The summed E-state index contributed by atoms with van der Waals surface area (Å²) in [5, 5.41) is 23.5. The third kappa shape index (κ3) is 5.67. The summed E-state index contributed by atoms with van der Waals surface area (Å²) in [6.07, 6.45) is 1.32. The van der Waals surface area contributed by atoms with E-state index in [4.69, 9.17) is 0 Å². The first kappa shape index (κ1) is 23.8. The van der Waals surface area contributed by atoms with Crippen LogP contribution in [0.25, 0.3) is 0 Å². The summed E-state index contributed by atoms with van der Waals surface area (Å²) < 4.78 is 13.3. The van der Waals surface area contributed by atoms with Crippen molar-refractivity contribution in [3.05, 3.63) is 101 Å². The molecular formula is C26H23FN8O2. The fraction of sp³-hybridized carbons (Fsp3) is 0.154. The van der Waals surface area contributed by atoms with Gasteiger partial charge in [0.05, 0.1) is 16.3 Å². The van der Waals surface area contributed by atoms with E-state index in [1.807, 2.05) is 35.2 Å². The Hall–Kier alpha value is -4.93. The molecule has 1 aromatic heterocycles. The van der Waals surface area contributed by atoms with Gasteiger partial charge in [0.2, 0.25) is 11.6 Å². The summed E-state index contributed by atoms with van der Waals surface area (Å²) in [6, 6.07) is 22.7. The third-order valence-corrected chi connectivity index (χ3v) is 5.92. The van der Waals surface area contributed by atoms with Crippen molar-refractivity contribution in [1.29, 1.82) is 0 Å². The smallest absolute Gasteiger partial charge is 0.353 e. The van der Waals surface area contributed by atoms with E-state index in [9.17, 15) is 14.5 Å². The highest BCUT2D eigenvalue weighted by Gasteiger charge is 2.29. The van der Waals surface area contributed by atoms with Crippen molar-refractivity contribution in [2.45, 2.75) is 0 Å². The van der Waals surface area contributed by atoms with E-state index >= 15 is 0 Å². The molecule has 0 bridgehead atoms. The molecule has 1 N–H and O–H groups in total. The maximum Gasteiger partial charge on any atom is 0.353 e. The van der Waals surface area contributed by atoms with Gasteiger partial charge in [0, 0.05) is 37.6 Å². The van der Waals surface area contributed by atoms with Crippen molar-refractivity contribution in [3.63, 3.8) is 0 Å². The van der Waals surface area contributed by atoms with Crippen molar-refractivity contribution in [2.24, 2.45) is 10.2 Å². The Balaban J connectivity index is 1.30. The Kier molecular flexibility index (Phi) is 6.93. The SMILES string of the molecule is O=[N+]([O-])c1c(Nc2ccc(N=Nc3ccccc3)cc2)ncnc1N1CCN(c2ccc(F)cc2)CC1. The summed E-state index contributed by atoms with van der Waals surface area (Å²) in [7, 11) is 0. The minimum Gasteiger partial charge on any atom is -0.368 e. The normalized spacial score (nSPS) is 13.6. The minimum atomic E-state index is -0.466. The maximum atomic E-state index is 13.3. The van der Waals surface area contributed by atoms with Crippen LogP contribution < -0.4 is 15.1 Å². The van der Waals surface area contributed by atoms with Crippen LogP contribution in [0.4, 0.5) is 44.5 Å². The number of hydrogen-bond acceptors (Lipinski definition) is 9. The molecular weight excluding hydrogens is 475 g/mol. The number of piperazine rings is 1. The monoisotopic (exact) mass is 498 g/mol. The number of halogens is 1. The Labute approximate surface area is 212 Å². The number of nitro groups is 1. The second kappa shape index (κ2) is 10.8. The van der Waals surface area contributed by atoms with Crippen LogP contribution in [0.5, 0.6) is 0 Å². The number of anilines is 4. The van der Waals surface area contributed by atoms with E-state index in [2.05, 4.69) is 30.4 Å². The molecule has 11 heteroatoms. The number of aromatic nitrogens is 2. The lowest BCUT2D eigenvalue weighted by molar-refractivity contribution is -0.383. The van der Waals surface area contributed by atoms with Crippen molar-refractivity contribution in [1.82, 2.24) is 9.97 Å². The summed E-state index contributed by atoms with van der Waals surface area (Å²) >= 11 is 0. The average Bonchev–Trinajstić information content (AvgIpc) is 2.93. The number of rotatable bonds is 7. The van der Waals surface area contributed by atoms with Crippen molar-refractivity contribution in [3.8, 4) is 0 Å². The van der Waals surface area contributed by atoms with Gasteiger partial charge in [-0.05, 0) is 60.7 Å². The zero-order valence-electron chi connectivity index (χ0n) is 19.7. The minimum absolute atomic E-state index is 0.106. The first-order valence-electron chi connectivity index (χ1n) is 11.7. The van der Waals surface area contributed by atoms with Crippen LogP contribution in [-0.4, -0.2) is 41.1 Å². The summed E-state index contributed by atoms with van der Waals surface area (Å²) in [5.41, 5.74) is 2.73. The fourth-order valence-corrected chi connectivity index (χ4v) is 4.05. The lowest BCUT2D eigenvalue weighted by atomic mass is 10.2. The number of azo groups is 1. The number of hydrogen-bond donors (Lipinski definition) is 1. The molecule has 37 heavy (non-hydrogen) atoms. The van der Waals surface area contributed by atoms with Gasteiger partial charge in [0.15, 0.2) is 0 Å². The molecule has 0 unspecified atom stereocenters. The summed E-state index contributed by atoms with van der Waals surface area (Å²) in [6.45, 7) is 2.29. The highest BCUT2D eigenvalue weighted by atomic mass is 19.1. The van der Waals surface area contributed by atoms with Gasteiger partial charge in [-0.2, -0.15) is 10.2 Å². The average molecular weight is 499 g/mol. The van der Waals surface area contributed by atoms with E-state index in [1.54, 1.807) is 36.4 Å². The van der Waals surface area contributed by atoms with Gasteiger partial charge in [-0.1, -0.05) is 18.2 Å². The van der Waals surface area contributed by atoms with Gasteiger partial charge in [-0.15, -0.1) is 0 Å². The zero-order valence-corrected chi connectivity index (χ0v) is 19.7.